The van der Waals surface area contributed by atoms with E-state index in [1.54, 1.807) is 12.1 Å². The Hall–Kier alpha value is -1.78. The fourth-order valence-corrected chi connectivity index (χ4v) is 3.80. The molecule has 0 amide bonds. The van der Waals surface area contributed by atoms with E-state index in [9.17, 15) is 4.79 Å². The molecule has 5 nitrogen and oxygen atoms in total. The number of piperidine rings is 1. The van der Waals surface area contributed by atoms with E-state index < -0.39 is 5.97 Å². The van der Waals surface area contributed by atoms with Crippen LogP contribution in [0.2, 0.25) is 0 Å². The molecule has 1 aliphatic heterocycles. The minimum atomic E-state index is -0.409. The third-order valence-corrected chi connectivity index (χ3v) is 4.82. The van der Waals surface area contributed by atoms with Crippen molar-refractivity contribution in [2.45, 2.75) is 44.6 Å². The van der Waals surface area contributed by atoms with Crippen LogP contribution in [-0.2, 0) is 4.74 Å². The zero-order valence-corrected chi connectivity index (χ0v) is 12.5. The summed E-state index contributed by atoms with van der Waals surface area (Å²) < 4.78 is 4.76. The van der Waals surface area contributed by atoms with Crippen LogP contribution in [-0.4, -0.2) is 30.6 Å². The second-order valence-corrected chi connectivity index (χ2v) is 6.05. The summed E-state index contributed by atoms with van der Waals surface area (Å²) in [6, 6.07) is 3.92. The molecule has 2 atom stereocenters. The quantitative estimate of drug-likeness (QED) is 0.848. The number of esters is 1. The molecule has 2 heterocycles. The van der Waals surface area contributed by atoms with Gasteiger partial charge in [0.2, 0.25) is 0 Å². The summed E-state index contributed by atoms with van der Waals surface area (Å²) in [5.41, 5.74) is 7.11. The lowest BCUT2D eigenvalue weighted by molar-refractivity contribution is 0.0594. The van der Waals surface area contributed by atoms with Crippen molar-refractivity contribution in [3.8, 4) is 0 Å². The second-order valence-electron chi connectivity index (χ2n) is 6.05. The third-order valence-electron chi connectivity index (χ3n) is 4.82. The molecule has 2 fully saturated rings. The summed E-state index contributed by atoms with van der Waals surface area (Å²) in [7, 11) is 1.37. The highest BCUT2D eigenvalue weighted by Crippen LogP contribution is 2.38. The van der Waals surface area contributed by atoms with Crippen LogP contribution in [0, 0.1) is 5.92 Å². The number of ether oxygens (including phenoxy) is 1. The van der Waals surface area contributed by atoms with E-state index >= 15 is 0 Å². The van der Waals surface area contributed by atoms with Crippen molar-refractivity contribution < 1.29 is 9.53 Å². The summed E-state index contributed by atoms with van der Waals surface area (Å²) in [4.78, 5) is 18.5. The maximum absolute atomic E-state index is 11.7. The van der Waals surface area contributed by atoms with Gasteiger partial charge in [-0.3, -0.25) is 0 Å². The fourth-order valence-electron chi connectivity index (χ4n) is 3.80. The highest BCUT2D eigenvalue weighted by Gasteiger charge is 2.34. The zero-order chi connectivity index (χ0) is 14.8. The average molecular weight is 289 g/mol. The van der Waals surface area contributed by atoms with Crippen LogP contribution < -0.4 is 10.6 Å². The largest absolute Gasteiger partial charge is 0.464 e. The Morgan fingerprint density at radius 2 is 2.05 bits per heavy atom. The Morgan fingerprint density at radius 3 is 2.86 bits per heavy atom. The number of hydrogen-bond donors (Lipinski definition) is 1. The molecular weight excluding hydrogens is 266 g/mol. The molecule has 1 aromatic rings. The Morgan fingerprint density at radius 1 is 1.29 bits per heavy atom. The zero-order valence-electron chi connectivity index (χ0n) is 12.5. The van der Waals surface area contributed by atoms with Crippen molar-refractivity contribution in [3.05, 3.63) is 17.8 Å². The van der Waals surface area contributed by atoms with Crippen molar-refractivity contribution in [3.63, 3.8) is 0 Å². The average Bonchev–Trinajstić information content (AvgIpc) is 2.54. The number of pyridine rings is 1. The van der Waals surface area contributed by atoms with Gasteiger partial charge in [0.15, 0.2) is 11.5 Å². The fraction of sp³-hybridized carbons (Fsp3) is 0.625. The van der Waals surface area contributed by atoms with Crippen LogP contribution in [0.5, 0.6) is 0 Å². The lowest BCUT2D eigenvalue weighted by Gasteiger charge is -2.45. The first-order chi connectivity index (χ1) is 10.2. The first-order valence-electron chi connectivity index (χ1n) is 7.82. The number of nitrogens with two attached hydrogens (primary N) is 1. The molecule has 2 aliphatic rings. The number of aromatic nitrogens is 1. The monoisotopic (exact) mass is 289 g/mol. The molecule has 114 valence electrons. The minimum Gasteiger partial charge on any atom is -0.464 e. The molecule has 0 aromatic carbocycles. The highest BCUT2D eigenvalue weighted by molar-refractivity contribution is 5.88. The molecule has 3 rings (SSSR count). The van der Waals surface area contributed by atoms with Crippen LogP contribution in [0.25, 0.3) is 0 Å². The SMILES string of the molecule is COC(=O)c1ccc(N)c(N2CCCC3CCCCC32)n1. The number of nitrogens with zero attached hydrogens (tertiary/aromatic N) is 2. The lowest BCUT2D eigenvalue weighted by atomic mass is 9.78. The number of methoxy groups -OCH3 is 1. The van der Waals surface area contributed by atoms with E-state index in [2.05, 4.69) is 9.88 Å². The van der Waals surface area contributed by atoms with E-state index in [-0.39, 0.29) is 0 Å². The Bertz CT molecular complexity index is 530. The van der Waals surface area contributed by atoms with E-state index in [1.165, 1.54) is 45.6 Å². The van der Waals surface area contributed by atoms with Gasteiger partial charge < -0.3 is 15.4 Å². The number of carbonyl (C=O) groups excluding carboxylic acids is 1. The Balaban J connectivity index is 1.92. The maximum Gasteiger partial charge on any atom is 0.356 e. The number of carbonyl (C=O) groups is 1. The Kier molecular flexibility index (Phi) is 3.99. The Labute approximate surface area is 125 Å². The normalized spacial score (nSPS) is 25.3. The summed E-state index contributed by atoms with van der Waals surface area (Å²) in [6.07, 6.45) is 7.59. The van der Waals surface area contributed by atoms with Gasteiger partial charge in [0, 0.05) is 12.6 Å². The molecule has 0 bridgehead atoms. The van der Waals surface area contributed by atoms with Crippen molar-refractivity contribution in [2.24, 2.45) is 5.92 Å². The molecule has 5 heteroatoms. The summed E-state index contributed by atoms with van der Waals surface area (Å²) in [5, 5.41) is 0. The van der Waals surface area contributed by atoms with Gasteiger partial charge >= 0.3 is 5.97 Å². The number of rotatable bonds is 2. The molecule has 1 aliphatic carbocycles. The summed E-state index contributed by atoms with van der Waals surface area (Å²) in [5.74, 6) is 1.10. The van der Waals surface area contributed by atoms with Gasteiger partial charge in [-0.25, -0.2) is 9.78 Å². The van der Waals surface area contributed by atoms with Crippen LogP contribution in [0.3, 0.4) is 0 Å². The first kappa shape index (κ1) is 14.2. The number of hydrogen-bond acceptors (Lipinski definition) is 5. The van der Waals surface area contributed by atoms with Crippen molar-refractivity contribution in [1.82, 2.24) is 4.98 Å². The van der Waals surface area contributed by atoms with Gasteiger partial charge in [0.25, 0.3) is 0 Å². The molecule has 2 unspecified atom stereocenters. The summed E-state index contributed by atoms with van der Waals surface area (Å²) >= 11 is 0. The van der Waals surface area contributed by atoms with Crippen molar-refractivity contribution in [1.29, 1.82) is 0 Å². The molecule has 1 saturated carbocycles. The molecule has 1 saturated heterocycles. The topological polar surface area (TPSA) is 68.5 Å². The molecule has 21 heavy (non-hydrogen) atoms. The predicted octanol–water partition coefficient (Wildman–Crippen LogP) is 2.61. The van der Waals surface area contributed by atoms with Crippen LogP contribution in [0.1, 0.15) is 49.0 Å². The number of anilines is 2. The smallest absolute Gasteiger partial charge is 0.356 e. The second kappa shape index (κ2) is 5.92. The highest BCUT2D eigenvalue weighted by atomic mass is 16.5. The lowest BCUT2D eigenvalue weighted by Crippen LogP contribution is -2.47. The third kappa shape index (κ3) is 2.69. The van der Waals surface area contributed by atoms with Gasteiger partial charge in [-0.15, -0.1) is 0 Å². The van der Waals surface area contributed by atoms with Crippen molar-refractivity contribution >= 4 is 17.5 Å². The van der Waals surface area contributed by atoms with Crippen molar-refractivity contribution in [2.75, 3.05) is 24.3 Å². The molecule has 1 aromatic heterocycles. The molecular formula is C16H23N3O2. The van der Waals surface area contributed by atoms with E-state index in [0.29, 0.717) is 17.4 Å². The van der Waals surface area contributed by atoms with E-state index in [4.69, 9.17) is 10.5 Å². The number of fused-ring (bicyclic) bond motifs is 1. The first-order valence-corrected chi connectivity index (χ1v) is 7.82. The van der Waals surface area contributed by atoms with Crippen LogP contribution in [0.15, 0.2) is 12.1 Å². The van der Waals surface area contributed by atoms with Crippen LogP contribution in [0.4, 0.5) is 11.5 Å². The van der Waals surface area contributed by atoms with Gasteiger partial charge in [0.1, 0.15) is 0 Å². The maximum atomic E-state index is 11.7. The van der Waals surface area contributed by atoms with Gasteiger partial charge in [-0.05, 0) is 43.7 Å². The van der Waals surface area contributed by atoms with E-state index in [0.717, 1.165) is 18.3 Å². The van der Waals surface area contributed by atoms with E-state index in [1.807, 2.05) is 0 Å². The summed E-state index contributed by atoms with van der Waals surface area (Å²) in [6.45, 7) is 0.975. The predicted molar refractivity (Wildman–Crippen MR) is 82.3 cm³/mol. The molecule has 0 radical (unpaired) electrons. The molecule has 2 N–H and O–H groups in total. The van der Waals surface area contributed by atoms with Gasteiger partial charge in [-0.1, -0.05) is 12.8 Å². The standard InChI is InChI=1S/C16H23N3O2/c1-21-16(20)13-9-8-12(17)15(18-13)19-10-4-6-11-5-2-3-7-14(11)19/h8-9,11,14H,2-7,10,17H2,1H3. The van der Waals surface area contributed by atoms with Gasteiger partial charge in [-0.2, -0.15) is 0 Å². The van der Waals surface area contributed by atoms with Gasteiger partial charge in [0.05, 0.1) is 12.8 Å². The van der Waals surface area contributed by atoms with Crippen LogP contribution >= 0.6 is 0 Å². The number of nitrogen functional groups attached to an aromatic ring is 1. The molecule has 0 spiro atoms. The minimum absolute atomic E-state index is 0.333.